The summed E-state index contributed by atoms with van der Waals surface area (Å²) >= 11 is 6.22. The fourth-order valence-electron chi connectivity index (χ4n) is 3.31. The van der Waals surface area contributed by atoms with E-state index in [-0.39, 0.29) is 0 Å². The summed E-state index contributed by atoms with van der Waals surface area (Å²) in [6.07, 6.45) is 6.18. The monoisotopic (exact) mass is 373 g/mol. The van der Waals surface area contributed by atoms with Gasteiger partial charge in [0.1, 0.15) is 0 Å². The predicted octanol–water partition coefficient (Wildman–Crippen LogP) is 3.38. The molecule has 1 unspecified atom stereocenters. The van der Waals surface area contributed by atoms with Gasteiger partial charge in [0.05, 0.1) is 5.69 Å². The van der Waals surface area contributed by atoms with Crippen LogP contribution in [0.4, 0.5) is 0 Å². The summed E-state index contributed by atoms with van der Waals surface area (Å²) in [7, 11) is 1.81. The Kier molecular flexibility index (Phi) is 6.20. The number of aliphatic imine (C=N–C) groups is 1. The van der Waals surface area contributed by atoms with E-state index in [0.717, 1.165) is 48.8 Å². The third kappa shape index (κ3) is 4.58. The first-order valence-corrected chi connectivity index (χ1v) is 9.72. The molecule has 1 aliphatic carbocycles. The fraction of sp³-hybridized carbons (Fsp3) is 0.500. The molecule has 0 fully saturated rings. The molecule has 1 heterocycles. The first-order valence-electron chi connectivity index (χ1n) is 9.34. The SMILES string of the molecule is CN=C(NCCc1ccccc1Cl)NC1CCc2cn(C(C)C)nc2C1. The lowest BCUT2D eigenvalue weighted by atomic mass is 9.94. The Morgan fingerprint density at radius 2 is 2.19 bits per heavy atom. The summed E-state index contributed by atoms with van der Waals surface area (Å²) in [4.78, 5) is 4.36. The van der Waals surface area contributed by atoms with Gasteiger partial charge >= 0.3 is 0 Å². The molecule has 2 N–H and O–H groups in total. The molecule has 0 bridgehead atoms. The van der Waals surface area contributed by atoms with E-state index in [9.17, 15) is 0 Å². The number of aryl methyl sites for hydroxylation is 1. The Hall–Kier alpha value is -2.01. The number of aromatic nitrogens is 2. The second-order valence-corrected chi connectivity index (χ2v) is 7.51. The molecule has 2 aromatic rings. The van der Waals surface area contributed by atoms with Gasteiger partial charge in [-0.15, -0.1) is 0 Å². The molecular formula is C20H28ClN5. The molecule has 0 aliphatic heterocycles. The highest BCUT2D eigenvalue weighted by Gasteiger charge is 2.22. The van der Waals surface area contributed by atoms with Gasteiger partial charge in [-0.1, -0.05) is 29.8 Å². The van der Waals surface area contributed by atoms with Gasteiger partial charge in [-0.05, 0) is 50.3 Å². The summed E-state index contributed by atoms with van der Waals surface area (Å²) < 4.78 is 2.07. The van der Waals surface area contributed by atoms with Crippen LogP contribution in [0.1, 0.15) is 43.1 Å². The summed E-state index contributed by atoms with van der Waals surface area (Å²) in [6.45, 7) is 5.13. The minimum Gasteiger partial charge on any atom is -0.356 e. The highest BCUT2D eigenvalue weighted by atomic mass is 35.5. The molecule has 1 aromatic heterocycles. The highest BCUT2D eigenvalue weighted by Crippen LogP contribution is 2.21. The summed E-state index contributed by atoms with van der Waals surface area (Å²) in [5.41, 5.74) is 3.76. The Morgan fingerprint density at radius 1 is 1.38 bits per heavy atom. The average molecular weight is 374 g/mol. The largest absolute Gasteiger partial charge is 0.356 e. The van der Waals surface area contributed by atoms with Crippen LogP contribution >= 0.6 is 11.6 Å². The van der Waals surface area contributed by atoms with Crippen molar-refractivity contribution < 1.29 is 0 Å². The molecule has 0 saturated heterocycles. The lowest BCUT2D eigenvalue weighted by molar-refractivity contribution is 0.499. The quantitative estimate of drug-likeness (QED) is 0.624. The number of rotatable bonds is 5. The third-order valence-corrected chi connectivity index (χ3v) is 5.20. The van der Waals surface area contributed by atoms with Gasteiger partial charge in [0.25, 0.3) is 0 Å². The van der Waals surface area contributed by atoms with Gasteiger partial charge in [0.15, 0.2) is 5.96 Å². The molecule has 5 nitrogen and oxygen atoms in total. The minimum absolute atomic E-state index is 0.365. The van der Waals surface area contributed by atoms with Crippen LogP contribution < -0.4 is 10.6 Å². The van der Waals surface area contributed by atoms with Gasteiger partial charge in [0.2, 0.25) is 0 Å². The Balaban J connectivity index is 1.51. The van der Waals surface area contributed by atoms with Crippen LogP contribution in [0.2, 0.25) is 5.02 Å². The van der Waals surface area contributed by atoms with Crippen molar-refractivity contribution in [3.63, 3.8) is 0 Å². The van der Waals surface area contributed by atoms with Crippen molar-refractivity contribution >= 4 is 17.6 Å². The minimum atomic E-state index is 0.365. The number of guanidine groups is 1. The van der Waals surface area contributed by atoms with Crippen LogP contribution in [-0.2, 0) is 19.3 Å². The third-order valence-electron chi connectivity index (χ3n) is 4.83. The zero-order valence-electron chi connectivity index (χ0n) is 15.8. The number of nitrogens with zero attached hydrogens (tertiary/aromatic N) is 3. The number of hydrogen-bond donors (Lipinski definition) is 2. The summed E-state index contributed by atoms with van der Waals surface area (Å²) in [5.74, 6) is 0.841. The second kappa shape index (κ2) is 8.58. The van der Waals surface area contributed by atoms with Crippen molar-refractivity contribution in [3.05, 3.63) is 52.3 Å². The van der Waals surface area contributed by atoms with E-state index in [0.29, 0.717) is 12.1 Å². The van der Waals surface area contributed by atoms with Crippen LogP contribution in [0.5, 0.6) is 0 Å². The maximum Gasteiger partial charge on any atom is 0.191 e. The van der Waals surface area contributed by atoms with E-state index in [1.807, 2.05) is 25.2 Å². The van der Waals surface area contributed by atoms with Crippen molar-refractivity contribution in [2.24, 2.45) is 4.99 Å². The molecule has 3 rings (SSSR count). The van der Waals surface area contributed by atoms with Crippen LogP contribution in [0.15, 0.2) is 35.5 Å². The highest BCUT2D eigenvalue weighted by molar-refractivity contribution is 6.31. The number of benzene rings is 1. The number of fused-ring (bicyclic) bond motifs is 1. The van der Waals surface area contributed by atoms with E-state index in [1.165, 1.54) is 11.3 Å². The number of nitrogens with one attached hydrogen (secondary N) is 2. The summed E-state index contributed by atoms with van der Waals surface area (Å²) in [6, 6.07) is 8.74. The average Bonchev–Trinajstić information content (AvgIpc) is 3.06. The van der Waals surface area contributed by atoms with Crippen molar-refractivity contribution in [1.29, 1.82) is 0 Å². The standard InChI is InChI=1S/C20H28ClN5/c1-14(2)26-13-16-8-9-17(12-19(16)25-26)24-20(22-3)23-11-10-15-6-4-5-7-18(15)21/h4-7,13-14,17H,8-12H2,1-3H3,(H2,22,23,24). The smallest absolute Gasteiger partial charge is 0.191 e. The van der Waals surface area contributed by atoms with Gasteiger partial charge < -0.3 is 10.6 Å². The van der Waals surface area contributed by atoms with E-state index in [1.54, 1.807) is 0 Å². The van der Waals surface area contributed by atoms with Gasteiger partial charge in [-0.3, -0.25) is 9.67 Å². The Bertz CT molecular complexity index is 765. The Morgan fingerprint density at radius 3 is 2.92 bits per heavy atom. The van der Waals surface area contributed by atoms with E-state index >= 15 is 0 Å². The van der Waals surface area contributed by atoms with Gasteiger partial charge in [-0.2, -0.15) is 5.10 Å². The van der Waals surface area contributed by atoms with Crippen molar-refractivity contribution in [2.75, 3.05) is 13.6 Å². The molecule has 1 aliphatic rings. The molecule has 0 spiro atoms. The topological polar surface area (TPSA) is 54.2 Å². The second-order valence-electron chi connectivity index (χ2n) is 7.10. The summed E-state index contributed by atoms with van der Waals surface area (Å²) in [5, 5.41) is 12.5. The molecule has 26 heavy (non-hydrogen) atoms. The number of halogens is 1. The molecule has 1 aromatic carbocycles. The fourth-order valence-corrected chi connectivity index (χ4v) is 3.54. The van der Waals surface area contributed by atoms with Crippen molar-refractivity contribution in [3.8, 4) is 0 Å². The van der Waals surface area contributed by atoms with Crippen molar-refractivity contribution in [1.82, 2.24) is 20.4 Å². The molecule has 0 radical (unpaired) electrons. The zero-order chi connectivity index (χ0) is 18.5. The lowest BCUT2D eigenvalue weighted by Crippen LogP contribution is -2.46. The maximum atomic E-state index is 6.22. The number of hydrogen-bond acceptors (Lipinski definition) is 2. The zero-order valence-corrected chi connectivity index (χ0v) is 16.6. The first-order chi connectivity index (χ1) is 12.6. The van der Waals surface area contributed by atoms with E-state index in [4.69, 9.17) is 16.7 Å². The molecule has 140 valence electrons. The Labute approximate surface area is 160 Å². The molecule has 0 saturated carbocycles. The van der Waals surface area contributed by atoms with Crippen molar-refractivity contribution in [2.45, 2.75) is 51.6 Å². The molecular weight excluding hydrogens is 346 g/mol. The lowest BCUT2D eigenvalue weighted by Gasteiger charge is -2.24. The van der Waals surface area contributed by atoms with Crippen LogP contribution in [0.3, 0.4) is 0 Å². The first kappa shape index (κ1) is 18.8. The molecule has 0 amide bonds. The van der Waals surface area contributed by atoms with E-state index in [2.05, 4.69) is 46.4 Å². The van der Waals surface area contributed by atoms with Gasteiger partial charge in [-0.25, -0.2) is 0 Å². The van der Waals surface area contributed by atoms with Crippen LogP contribution in [-0.4, -0.2) is 35.4 Å². The van der Waals surface area contributed by atoms with Crippen LogP contribution in [0.25, 0.3) is 0 Å². The maximum absolute atomic E-state index is 6.22. The normalized spacial score (nSPS) is 17.3. The predicted molar refractivity (Wildman–Crippen MR) is 108 cm³/mol. The van der Waals surface area contributed by atoms with E-state index < -0.39 is 0 Å². The van der Waals surface area contributed by atoms with Gasteiger partial charge in [0, 0.05) is 43.3 Å². The van der Waals surface area contributed by atoms with Crippen LogP contribution in [0, 0.1) is 0 Å². The molecule has 6 heteroatoms. The molecule has 1 atom stereocenters.